The molecule has 0 aromatic carbocycles. The number of halogens is 1. The molecule has 2 aromatic heterocycles. The Morgan fingerprint density at radius 3 is 2.83 bits per heavy atom. The van der Waals surface area contributed by atoms with E-state index in [1.54, 1.807) is 31.4 Å². The number of imidazole rings is 1. The van der Waals surface area contributed by atoms with Crippen molar-refractivity contribution in [2.24, 2.45) is 5.41 Å². The van der Waals surface area contributed by atoms with Gasteiger partial charge in [-0.2, -0.15) is 0 Å². The van der Waals surface area contributed by atoms with E-state index in [4.69, 9.17) is 5.11 Å². The fraction of sp³-hybridized carbons (Fsp3) is 0.333. The largest absolute Gasteiger partial charge is 0.481 e. The van der Waals surface area contributed by atoms with Crippen LogP contribution in [0.4, 0.5) is 0 Å². The van der Waals surface area contributed by atoms with E-state index in [1.165, 1.54) is 0 Å². The number of aromatic amines is 1. The Bertz CT molecular complexity index is 574. The van der Waals surface area contributed by atoms with Crippen LogP contribution in [0, 0.1) is 5.41 Å². The summed E-state index contributed by atoms with van der Waals surface area (Å²) in [7, 11) is 0. The smallest absolute Gasteiger partial charge is 0.309 e. The molecule has 0 aliphatic heterocycles. The van der Waals surface area contributed by atoms with Crippen LogP contribution in [0.15, 0.2) is 22.1 Å². The minimum absolute atomic E-state index is 0.384. The normalized spacial score (nSPS) is 11.7. The predicted molar refractivity (Wildman–Crippen MR) is 74.7 cm³/mol. The van der Waals surface area contributed by atoms with Crippen LogP contribution in [0.25, 0.3) is 10.6 Å². The lowest BCUT2D eigenvalue weighted by Gasteiger charge is -2.16. The van der Waals surface area contributed by atoms with Crippen molar-refractivity contribution in [2.75, 3.05) is 0 Å². The molecular formula is C12H13BrN2O2S. The van der Waals surface area contributed by atoms with Gasteiger partial charge in [0.15, 0.2) is 0 Å². The van der Waals surface area contributed by atoms with E-state index in [1.807, 2.05) is 12.1 Å². The molecule has 0 atom stereocenters. The molecule has 2 aromatic rings. The first kappa shape index (κ1) is 13.3. The van der Waals surface area contributed by atoms with Gasteiger partial charge in [0.1, 0.15) is 5.82 Å². The lowest BCUT2D eigenvalue weighted by Crippen LogP contribution is -2.26. The van der Waals surface area contributed by atoms with Crippen molar-refractivity contribution in [1.29, 1.82) is 0 Å². The van der Waals surface area contributed by atoms with Crippen LogP contribution < -0.4 is 0 Å². The van der Waals surface area contributed by atoms with Gasteiger partial charge in [-0.25, -0.2) is 4.98 Å². The van der Waals surface area contributed by atoms with Gasteiger partial charge < -0.3 is 10.1 Å². The lowest BCUT2D eigenvalue weighted by molar-refractivity contribution is -0.146. The zero-order chi connectivity index (χ0) is 13.3. The Kier molecular flexibility index (Phi) is 3.59. The van der Waals surface area contributed by atoms with Gasteiger partial charge in [0.25, 0.3) is 0 Å². The molecule has 0 unspecified atom stereocenters. The number of nitrogens with zero attached hydrogens (tertiary/aromatic N) is 1. The molecule has 0 spiro atoms. The highest BCUT2D eigenvalue weighted by Crippen LogP contribution is 2.30. The van der Waals surface area contributed by atoms with E-state index in [-0.39, 0.29) is 0 Å². The van der Waals surface area contributed by atoms with Crippen LogP contribution in [0.3, 0.4) is 0 Å². The van der Waals surface area contributed by atoms with Gasteiger partial charge in [0.2, 0.25) is 0 Å². The molecule has 0 aliphatic rings. The summed E-state index contributed by atoms with van der Waals surface area (Å²) < 4.78 is 1.06. The standard InChI is InChI=1S/C12H13BrN2O2S/c1-12(2,11(16)17)5-10-14-6-7(15-10)8-3-4-9(13)18-8/h3-4,6H,5H2,1-2H3,(H,14,15)(H,16,17). The molecule has 6 heteroatoms. The topological polar surface area (TPSA) is 66.0 Å². The number of aliphatic carboxylic acids is 1. The second kappa shape index (κ2) is 4.85. The van der Waals surface area contributed by atoms with Crippen LogP contribution in [0.1, 0.15) is 19.7 Å². The average molecular weight is 329 g/mol. The highest BCUT2D eigenvalue weighted by molar-refractivity contribution is 9.11. The SMILES string of the molecule is CC(C)(Cc1ncc(-c2ccc(Br)s2)[nH]1)C(=O)O. The molecule has 0 saturated heterocycles. The number of aromatic nitrogens is 2. The second-order valence-electron chi connectivity index (χ2n) is 4.71. The van der Waals surface area contributed by atoms with Gasteiger partial charge in [-0.05, 0) is 41.9 Å². The van der Waals surface area contributed by atoms with E-state index in [0.717, 1.165) is 14.4 Å². The molecule has 0 aliphatic carbocycles. The van der Waals surface area contributed by atoms with Gasteiger partial charge in [0.05, 0.1) is 26.0 Å². The Balaban J connectivity index is 2.19. The van der Waals surface area contributed by atoms with Gasteiger partial charge in [0, 0.05) is 6.42 Å². The Labute approximate surface area is 117 Å². The zero-order valence-electron chi connectivity index (χ0n) is 10.0. The Morgan fingerprint density at radius 1 is 1.56 bits per heavy atom. The molecule has 4 nitrogen and oxygen atoms in total. The summed E-state index contributed by atoms with van der Waals surface area (Å²) in [5, 5.41) is 9.08. The first-order valence-electron chi connectivity index (χ1n) is 5.41. The quantitative estimate of drug-likeness (QED) is 0.901. The van der Waals surface area contributed by atoms with Crippen molar-refractivity contribution in [3.05, 3.63) is 27.9 Å². The summed E-state index contributed by atoms with van der Waals surface area (Å²) in [5.41, 5.74) is 0.104. The molecule has 0 fully saturated rings. The van der Waals surface area contributed by atoms with E-state index in [0.29, 0.717) is 12.2 Å². The maximum atomic E-state index is 11.1. The van der Waals surface area contributed by atoms with Gasteiger partial charge in [-0.1, -0.05) is 0 Å². The van der Waals surface area contributed by atoms with Gasteiger partial charge in [-0.3, -0.25) is 4.79 Å². The highest BCUT2D eigenvalue weighted by Gasteiger charge is 2.28. The predicted octanol–water partition coefficient (Wildman–Crippen LogP) is 3.55. The second-order valence-corrected chi connectivity index (χ2v) is 7.18. The van der Waals surface area contributed by atoms with Gasteiger partial charge >= 0.3 is 5.97 Å². The van der Waals surface area contributed by atoms with Crippen LogP contribution in [-0.2, 0) is 11.2 Å². The molecule has 0 saturated carbocycles. The maximum absolute atomic E-state index is 11.1. The number of carbonyl (C=O) groups is 1. The highest BCUT2D eigenvalue weighted by atomic mass is 79.9. The average Bonchev–Trinajstić information content (AvgIpc) is 2.86. The van der Waals surface area contributed by atoms with Crippen LogP contribution in [0.2, 0.25) is 0 Å². The van der Waals surface area contributed by atoms with Crippen LogP contribution in [0.5, 0.6) is 0 Å². The molecule has 96 valence electrons. The summed E-state index contributed by atoms with van der Waals surface area (Å²) in [5.74, 6) is -0.124. The maximum Gasteiger partial charge on any atom is 0.309 e. The van der Waals surface area contributed by atoms with E-state index < -0.39 is 11.4 Å². The fourth-order valence-electron chi connectivity index (χ4n) is 1.53. The third-order valence-electron chi connectivity index (χ3n) is 2.66. The third kappa shape index (κ3) is 2.81. The summed E-state index contributed by atoms with van der Waals surface area (Å²) >= 11 is 5.02. The minimum Gasteiger partial charge on any atom is -0.481 e. The monoisotopic (exact) mass is 328 g/mol. The zero-order valence-corrected chi connectivity index (χ0v) is 12.4. The van der Waals surface area contributed by atoms with Crippen molar-refractivity contribution in [1.82, 2.24) is 9.97 Å². The number of rotatable bonds is 4. The van der Waals surface area contributed by atoms with Crippen molar-refractivity contribution < 1.29 is 9.90 Å². The summed E-state index contributed by atoms with van der Waals surface area (Å²) in [6, 6.07) is 3.97. The summed E-state index contributed by atoms with van der Waals surface area (Å²) in [6.07, 6.45) is 2.13. The van der Waals surface area contributed by atoms with Crippen molar-refractivity contribution in [3.8, 4) is 10.6 Å². The number of nitrogens with one attached hydrogen (secondary N) is 1. The molecule has 2 heterocycles. The third-order valence-corrected chi connectivity index (χ3v) is 4.31. The van der Waals surface area contributed by atoms with E-state index >= 15 is 0 Å². The molecule has 18 heavy (non-hydrogen) atoms. The van der Waals surface area contributed by atoms with E-state index in [2.05, 4.69) is 25.9 Å². The van der Waals surface area contributed by atoms with Crippen LogP contribution >= 0.6 is 27.3 Å². The van der Waals surface area contributed by atoms with Crippen molar-refractivity contribution in [2.45, 2.75) is 20.3 Å². The molecular weight excluding hydrogens is 316 g/mol. The molecule has 0 amide bonds. The number of H-pyrrole nitrogens is 1. The molecule has 2 N–H and O–H groups in total. The molecule has 0 bridgehead atoms. The number of carboxylic acid groups (broad SMARTS) is 1. The Morgan fingerprint density at radius 2 is 2.28 bits per heavy atom. The number of carboxylic acids is 1. The first-order valence-corrected chi connectivity index (χ1v) is 7.02. The number of thiophene rings is 1. The molecule has 0 radical (unpaired) electrons. The summed E-state index contributed by atoms with van der Waals surface area (Å²) in [4.78, 5) is 19.5. The van der Waals surface area contributed by atoms with E-state index in [9.17, 15) is 4.79 Å². The van der Waals surface area contributed by atoms with Crippen molar-refractivity contribution in [3.63, 3.8) is 0 Å². The fourth-order valence-corrected chi connectivity index (χ4v) is 2.88. The Hall–Kier alpha value is -1.14. The van der Waals surface area contributed by atoms with Gasteiger partial charge in [-0.15, -0.1) is 11.3 Å². The summed E-state index contributed by atoms with van der Waals surface area (Å²) in [6.45, 7) is 3.39. The first-order chi connectivity index (χ1) is 8.38. The van der Waals surface area contributed by atoms with Crippen molar-refractivity contribution >= 4 is 33.2 Å². The number of hydrogen-bond acceptors (Lipinski definition) is 3. The number of hydrogen-bond donors (Lipinski definition) is 2. The van der Waals surface area contributed by atoms with Crippen LogP contribution in [-0.4, -0.2) is 21.0 Å². The minimum atomic E-state index is -0.820. The lowest BCUT2D eigenvalue weighted by atomic mass is 9.89. The molecule has 2 rings (SSSR count).